The number of carbonyl (C=O) groups excluding carboxylic acids is 1. The number of carbonyl (C=O) groups is 1. The molecule has 0 fully saturated rings. The highest BCUT2D eigenvalue weighted by Crippen LogP contribution is 2.30. The second kappa shape index (κ2) is 6.02. The van der Waals surface area contributed by atoms with Gasteiger partial charge >= 0.3 is 0 Å². The van der Waals surface area contributed by atoms with E-state index >= 15 is 0 Å². The topological polar surface area (TPSA) is 17.1 Å². The maximum atomic E-state index is 11.2. The zero-order valence-corrected chi connectivity index (χ0v) is 10.7. The van der Waals surface area contributed by atoms with Crippen LogP contribution in [0, 0.1) is 0 Å². The van der Waals surface area contributed by atoms with Crippen LogP contribution in [-0.2, 0) is 4.79 Å². The number of halogens is 1. The smallest absolute Gasteiger partial charge is 0.146 e. The fraction of sp³-hybridized carbons (Fsp3) is 0.400. The van der Waals surface area contributed by atoms with Crippen molar-refractivity contribution in [2.45, 2.75) is 38.5 Å². The highest BCUT2D eigenvalue weighted by molar-refractivity contribution is 6.30. The Morgan fingerprint density at radius 1 is 0.941 bits per heavy atom. The molecule has 1 aliphatic carbocycles. The number of hydrogen-bond acceptors (Lipinski definition) is 1. The second-order valence-electron chi connectivity index (χ2n) is 4.54. The Bertz CT molecular complexity index is 417. The third-order valence-electron chi connectivity index (χ3n) is 3.35. The zero-order chi connectivity index (χ0) is 12.1. The van der Waals surface area contributed by atoms with E-state index in [2.05, 4.69) is 0 Å². The quantitative estimate of drug-likeness (QED) is 0.697. The van der Waals surface area contributed by atoms with E-state index in [4.69, 9.17) is 11.6 Å². The lowest BCUT2D eigenvalue weighted by molar-refractivity contribution is -0.105. The SMILES string of the molecule is O=CC1=C(c2ccc(Cl)cc2)CCCCCC1. The fourth-order valence-corrected chi connectivity index (χ4v) is 2.52. The number of benzene rings is 1. The highest BCUT2D eigenvalue weighted by atomic mass is 35.5. The summed E-state index contributed by atoms with van der Waals surface area (Å²) in [6, 6.07) is 7.82. The van der Waals surface area contributed by atoms with Crippen molar-refractivity contribution >= 4 is 23.5 Å². The van der Waals surface area contributed by atoms with Gasteiger partial charge in [-0.05, 0) is 54.5 Å². The zero-order valence-electron chi connectivity index (χ0n) is 9.92. The van der Waals surface area contributed by atoms with Gasteiger partial charge in [-0.3, -0.25) is 4.79 Å². The van der Waals surface area contributed by atoms with E-state index in [0.29, 0.717) is 0 Å². The largest absolute Gasteiger partial charge is 0.298 e. The molecule has 0 aliphatic heterocycles. The van der Waals surface area contributed by atoms with Gasteiger partial charge in [-0.25, -0.2) is 0 Å². The van der Waals surface area contributed by atoms with Crippen LogP contribution < -0.4 is 0 Å². The van der Waals surface area contributed by atoms with Crippen LogP contribution in [0.4, 0.5) is 0 Å². The molecule has 0 spiro atoms. The molecular formula is C15H17ClO. The Morgan fingerprint density at radius 3 is 2.24 bits per heavy atom. The van der Waals surface area contributed by atoms with Gasteiger partial charge in [0.1, 0.15) is 6.29 Å². The first kappa shape index (κ1) is 12.4. The van der Waals surface area contributed by atoms with Crippen LogP contribution in [0.15, 0.2) is 29.8 Å². The normalized spacial score (nSPS) is 17.5. The van der Waals surface area contributed by atoms with Crippen molar-refractivity contribution in [3.63, 3.8) is 0 Å². The van der Waals surface area contributed by atoms with E-state index in [1.54, 1.807) is 0 Å². The molecule has 2 rings (SSSR count). The van der Waals surface area contributed by atoms with Gasteiger partial charge in [0.05, 0.1) is 0 Å². The van der Waals surface area contributed by atoms with Gasteiger partial charge in [0.2, 0.25) is 0 Å². The van der Waals surface area contributed by atoms with Gasteiger partial charge in [0, 0.05) is 5.02 Å². The van der Waals surface area contributed by atoms with Crippen LogP contribution in [0.2, 0.25) is 5.02 Å². The summed E-state index contributed by atoms with van der Waals surface area (Å²) in [6.45, 7) is 0. The van der Waals surface area contributed by atoms with Crippen molar-refractivity contribution in [3.05, 3.63) is 40.4 Å². The van der Waals surface area contributed by atoms with Crippen LogP contribution in [-0.4, -0.2) is 6.29 Å². The van der Waals surface area contributed by atoms with Crippen LogP contribution in [0.25, 0.3) is 5.57 Å². The van der Waals surface area contributed by atoms with E-state index in [0.717, 1.165) is 41.7 Å². The van der Waals surface area contributed by atoms with Crippen molar-refractivity contribution in [2.24, 2.45) is 0 Å². The van der Waals surface area contributed by atoms with E-state index in [-0.39, 0.29) is 0 Å². The fourth-order valence-electron chi connectivity index (χ4n) is 2.39. The molecule has 1 nitrogen and oxygen atoms in total. The predicted octanol–water partition coefficient (Wildman–Crippen LogP) is 4.65. The highest BCUT2D eigenvalue weighted by Gasteiger charge is 2.11. The molecule has 1 aromatic carbocycles. The van der Waals surface area contributed by atoms with Crippen LogP contribution in [0.5, 0.6) is 0 Å². The van der Waals surface area contributed by atoms with Crippen LogP contribution in [0.3, 0.4) is 0 Å². The van der Waals surface area contributed by atoms with Gasteiger partial charge in [-0.15, -0.1) is 0 Å². The van der Waals surface area contributed by atoms with E-state index in [1.807, 2.05) is 24.3 Å². The number of allylic oxidation sites excluding steroid dienone is 2. The minimum absolute atomic E-state index is 0.743. The molecule has 0 heterocycles. The molecule has 1 aliphatic rings. The average molecular weight is 249 g/mol. The van der Waals surface area contributed by atoms with Gasteiger partial charge in [-0.2, -0.15) is 0 Å². The monoisotopic (exact) mass is 248 g/mol. The summed E-state index contributed by atoms with van der Waals surface area (Å²) in [7, 11) is 0. The molecule has 0 saturated carbocycles. The van der Waals surface area contributed by atoms with Crippen molar-refractivity contribution in [1.29, 1.82) is 0 Å². The Labute approximate surface area is 107 Å². The molecule has 90 valence electrons. The third kappa shape index (κ3) is 3.19. The van der Waals surface area contributed by atoms with E-state index < -0.39 is 0 Å². The Kier molecular flexibility index (Phi) is 4.38. The van der Waals surface area contributed by atoms with Crippen LogP contribution in [0.1, 0.15) is 44.1 Å². The minimum Gasteiger partial charge on any atom is -0.298 e. The number of hydrogen-bond donors (Lipinski definition) is 0. The van der Waals surface area contributed by atoms with Gasteiger partial charge in [0.25, 0.3) is 0 Å². The molecule has 0 bridgehead atoms. The second-order valence-corrected chi connectivity index (χ2v) is 4.98. The first-order valence-corrected chi connectivity index (χ1v) is 6.62. The first-order chi connectivity index (χ1) is 8.31. The molecule has 0 N–H and O–H groups in total. The van der Waals surface area contributed by atoms with Gasteiger partial charge in [-0.1, -0.05) is 36.6 Å². The van der Waals surface area contributed by atoms with E-state index in [1.165, 1.54) is 24.8 Å². The van der Waals surface area contributed by atoms with Crippen molar-refractivity contribution in [2.75, 3.05) is 0 Å². The summed E-state index contributed by atoms with van der Waals surface area (Å²) in [5.41, 5.74) is 3.35. The molecular weight excluding hydrogens is 232 g/mol. The summed E-state index contributed by atoms with van der Waals surface area (Å²) in [4.78, 5) is 11.2. The average Bonchev–Trinajstić information content (AvgIpc) is 2.31. The lowest BCUT2D eigenvalue weighted by Gasteiger charge is -2.15. The molecule has 0 amide bonds. The van der Waals surface area contributed by atoms with Gasteiger partial charge < -0.3 is 0 Å². The molecule has 1 aromatic rings. The Balaban J connectivity index is 2.35. The van der Waals surface area contributed by atoms with Crippen molar-refractivity contribution in [3.8, 4) is 0 Å². The predicted molar refractivity (Wildman–Crippen MR) is 72.1 cm³/mol. The lowest BCUT2D eigenvalue weighted by atomic mass is 9.90. The molecule has 0 aromatic heterocycles. The summed E-state index contributed by atoms with van der Waals surface area (Å²) >= 11 is 5.89. The Hall–Kier alpha value is -1.08. The van der Waals surface area contributed by atoms with Crippen molar-refractivity contribution < 1.29 is 4.79 Å². The van der Waals surface area contributed by atoms with Crippen LogP contribution >= 0.6 is 11.6 Å². The standard InChI is InChI=1S/C15H17ClO/c16-14-9-7-12(8-10-14)15-6-4-2-1-3-5-13(15)11-17/h7-11H,1-6H2. The first-order valence-electron chi connectivity index (χ1n) is 6.24. The number of rotatable bonds is 2. The maximum absolute atomic E-state index is 11.2. The summed E-state index contributed by atoms with van der Waals surface area (Å²) < 4.78 is 0. The lowest BCUT2D eigenvalue weighted by Crippen LogP contribution is -1.98. The maximum Gasteiger partial charge on any atom is 0.146 e. The minimum atomic E-state index is 0.743. The third-order valence-corrected chi connectivity index (χ3v) is 3.60. The van der Waals surface area contributed by atoms with Crippen molar-refractivity contribution in [1.82, 2.24) is 0 Å². The number of aldehydes is 1. The Morgan fingerprint density at radius 2 is 1.59 bits per heavy atom. The molecule has 0 unspecified atom stereocenters. The summed E-state index contributed by atoms with van der Waals surface area (Å²) in [5.74, 6) is 0. The molecule has 2 heteroatoms. The van der Waals surface area contributed by atoms with E-state index in [9.17, 15) is 4.79 Å². The molecule has 0 atom stereocenters. The van der Waals surface area contributed by atoms with Gasteiger partial charge in [0.15, 0.2) is 0 Å². The summed E-state index contributed by atoms with van der Waals surface area (Å²) in [5, 5.41) is 0.743. The molecule has 17 heavy (non-hydrogen) atoms. The molecule has 0 saturated heterocycles. The molecule has 0 radical (unpaired) electrons. The summed E-state index contributed by atoms with van der Waals surface area (Å²) in [6.07, 6.45) is 7.78.